The molecule has 26 heavy (non-hydrogen) atoms. The first-order valence-corrected chi connectivity index (χ1v) is 9.23. The van der Waals surface area contributed by atoms with Crippen molar-refractivity contribution in [1.82, 2.24) is 10.3 Å². The lowest BCUT2D eigenvalue weighted by atomic mass is 10.1. The fourth-order valence-corrected chi connectivity index (χ4v) is 3.47. The molecule has 0 atom stereocenters. The average Bonchev–Trinajstić information content (AvgIpc) is 3.28. The van der Waals surface area contributed by atoms with Crippen LogP contribution >= 0.6 is 11.3 Å². The van der Waals surface area contributed by atoms with E-state index in [1.54, 1.807) is 41.8 Å². The molecule has 0 saturated heterocycles. The maximum Gasteiger partial charge on any atom is 0.272 e. The smallest absolute Gasteiger partial charge is 0.272 e. The number of aromatic amines is 1. The van der Waals surface area contributed by atoms with Gasteiger partial charge in [-0.1, -0.05) is 6.07 Å². The van der Waals surface area contributed by atoms with Crippen LogP contribution < -0.4 is 10.6 Å². The van der Waals surface area contributed by atoms with Gasteiger partial charge in [-0.15, -0.1) is 11.3 Å². The number of aromatic nitrogens is 1. The third kappa shape index (κ3) is 4.40. The molecule has 6 heteroatoms. The second-order valence-electron chi connectivity index (χ2n) is 6.09. The number of hydrogen-bond donors (Lipinski definition) is 3. The van der Waals surface area contributed by atoms with E-state index in [-0.39, 0.29) is 11.8 Å². The Morgan fingerprint density at radius 3 is 2.62 bits per heavy atom. The fraction of sp³-hybridized carbons (Fsp3) is 0.200. The van der Waals surface area contributed by atoms with Gasteiger partial charge in [-0.25, -0.2) is 0 Å². The Bertz CT molecular complexity index is 913. The minimum atomic E-state index is -0.233. The predicted octanol–water partition coefficient (Wildman–Crippen LogP) is 3.92. The van der Waals surface area contributed by atoms with Gasteiger partial charge in [-0.3, -0.25) is 9.59 Å². The molecule has 0 fully saturated rings. The van der Waals surface area contributed by atoms with Gasteiger partial charge in [-0.2, -0.15) is 0 Å². The van der Waals surface area contributed by atoms with Crippen LogP contribution in [0.3, 0.4) is 0 Å². The number of carbonyl (C=O) groups excluding carboxylic acids is 2. The summed E-state index contributed by atoms with van der Waals surface area (Å²) in [7, 11) is 0. The molecule has 2 amide bonds. The Hall–Kier alpha value is -2.86. The summed E-state index contributed by atoms with van der Waals surface area (Å²) < 4.78 is 0. The van der Waals surface area contributed by atoms with Gasteiger partial charge in [0, 0.05) is 33.7 Å². The number of aryl methyl sites for hydroxylation is 2. The van der Waals surface area contributed by atoms with Gasteiger partial charge in [0.2, 0.25) is 0 Å². The largest absolute Gasteiger partial charge is 0.357 e. The van der Waals surface area contributed by atoms with Gasteiger partial charge in [0.05, 0.1) is 0 Å². The van der Waals surface area contributed by atoms with Crippen molar-refractivity contribution < 1.29 is 9.59 Å². The minimum Gasteiger partial charge on any atom is -0.357 e. The molecule has 0 unspecified atom stereocenters. The molecule has 0 radical (unpaired) electrons. The normalized spacial score (nSPS) is 10.5. The lowest BCUT2D eigenvalue weighted by molar-refractivity contribution is 0.0952. The van der Waals surface area contributed by atoms with Crippen LogP contribution in [0.15, 0.2) is 48.7 Å². The maximum absolute atomic E-state index is 12.4. The average molecular weight is 367 g/mol. The molecule has 2 aromatic heterocycles. The number of amides is 2. The topological polar surface area (TPSA) is 74.0 Å². The van der Waals surface area contributed by atoms with Crippen LogP contribution in [-0.2, 0) is 6.42 Å². The van der Waals surface area contributed by atoms with Crippen LogP contribution in [0.4, 0.5) is 5.69 Å². The van der Waals surface area contributed by atoms with Crippen LogP contribution in [0.2, 0.25) is 0 Å². The summed E-state index contributed by atoms with van der Waals surface area (Å²) in [5.41, 5.74) is 2.53. The molecule has 5 nitrogen and oxygen atoms in total. The third-order valence-electron chi connectivity index (χ3n) is 4.04. The number of rotatable bonds is 6. The van der Waals surface area contributed by atoms with Crippen LogP contribution in [0.5, 0.6) is 0 Å². The maximum atomic E-state index is 12.4. The first kappa shape index (κ1) is 17.9. The highest BCUT2D eigenvalue weighted by Crippen LogP contribution is 2.18. The molecule has 2 heterocycles. The summed E-state index contributed by atoms with van der Waals surface area (Å²) in [6, 6.07) is 13.0. The monoisotopic (exact) mass is 367 g/mol. The molecule has 0 spiro atoms. The summed E-state index contributed by atoms with van der Waals surface area (Å²) >= 11 is 1.74. The Labute approximate surface area is 156 Å². The van der Waals surface area contributed by atoms with E-state index in [9.17, 15) is 9.59 Å². The summed E-state index contributed by atoms with van der Waals surface area (Å²) in [6.45, 7) is 4.55. The van der Waals surface area contributed by atoms with Crippen LogP contribution in [0, 0.1) is 13.8 Å². The van der Waals surface area contributed by atoms with Gasteiger partial charge in [0.1, 0.15) is 5.69 Å². The fourth-order valence-electron chi connectivity index (χ4n) is 2.58. The molecule has 1 aromatic carbocycles. The molecule has 3 aromatic rings. The number of hydrogen-bond acceptors (Lipinski definition) is 3. The van der Waals surface area contributed by atoms with Gasteiger partial charge in [0.25, 0.3) is 11.8 Å². The lowest BCUT2D eigenvalue weighted by Crippen LogP contribution is -2.25. The van der Waals surface area contributed by atoms with Gasteiger partial charge in [-0.05, 0) is 62.2 Å². The van der Waals surface area contributed by atoms with Crippen molar-refractivity contribution in [3.8, 4) is 0 Å². The van der Waals surface area contributed by atoms with Crippen molar-refractivity contribution in [1.29, 1.82) is 0 Å². The summed E-state index contributed by atoms with van der Waals surface area (Å²) in [4.78, 5) is 30.0. The Morgan fingerprint density at radius 2 is 1.92 bits per heavy atom. The lowest BCUT2D eigenvalue weighted by Gasteiger charge is -2.10. The quantitative estimate of drug-likeness (QED) is 0.618. The highest BCUT2D eigenvalue weighted by atomic mass is 32.1. The molecule has 0 bridgehead atoms. The van der Waals surface area contributed by atoms with Gasteiger partial charge >= 0.3 is 0 Å². The summed E-state index contributed by atoms with van der Waals surface area (Å²) in [5.74, 6) is -0.377. The highest BCUT2D eigenvalue weighted by molar-refractivity contribution is 7.11. The number of H-pyrrole nitrogens is 1. The van der Waals surface area contributed by atoms with Crippen molar-refractivity contribution >= 4 is 28.8 Å². The highest BCUT2D eigenvalue weighted by Gasteiger charge is 2.12. The molecule has 0 aliphatic carbocycles. The summed E-state index contributed by atoms with van der Waals surface area (Å²) in [6.07, 6.45) is 2.51. The zero-order chi connectivity index (χ0) is 18.5. The van der Waals surface area contributed by atoms with Crippen molar-refractivity contribution in [3.05, 3.63) is 75.2 Å². The van der Waals surface area contributed by atoms with E-state index in [4.69, 9.17) is 0 Å². The first-order valence-electron chi connectivity index (χ1n) is 8.42. The predicted molar refractivity (Wildman–Crippen MR) is 105 cm³/mol. The molecule has 134 valence electrons. The number of thiophene rings is 1. The Balaban J connectivity index is 1.62. The van der Waals surface area contributed by atoms with E-state index in [0.717, 1.165) is 12.0 Å². The van der Waals surface area contributed by atoms with Crippen LogP contribution in [0.25, 0.3) is 0 Å². The van der Waals surface area contributed by atoms with E-state index < -0.39 is 0 Å². The third-order valence-corrected chi connectivity index (χ3v) is 5.10. The molecular weight excluding hydrogens is 346 g/mol. The standard InChI is InChI=1S/C20H21N3O2S/c1-13-5-7-15(12-18(13)23-20(25)17-4-3-10-21-17)19(24)22-11-9-16-8-6-14(2)26-16/h3-8,10,12,21H,9,11H2,1-2H3,(H,22,24)(H,23,25). The SMILES string of the molecule is Cc1ccc(CCNC(=O)c2ccc(C)c(NC(=O)c3ccc[nH]3)c2)s1. The number of carbonyl (C=O) groups is 2. The van der Waals surface area contributed by atoms with E-state index >= 15 is 0 Å². The van der Waals surface area contributed by atoms with Crippen molar-refractivity contribution in [2.75, 3.05) is 11.9 Å². The van der Waals surface area contributed by atoms with E-state index in [2.05, 4.69) is 34.7 Å². The summed E-state index contributed by atoms with van der Waals surface area (Å²) in [5, 5.41) is 5.78. The van der Waals surface area contributed by atoms with Crippen LogP contribution in [0.1, 0.15) is 36.2 Å². The second kappa shape index (κ2) is 8.01. The van der Waals surface area contributed by atoms with E-state index in [1.165, 1.54) is 9.75 Å². The molecule has 3 N–H and O–H groups in total. The number of benzene rings is 1. The molecular formula is C20H21N3O2S. The van der Waals surface area contributed by atoms with Crippen LogP contribution in [-0.4, -0.2) is 23.3 Å². The zero-order valence-electron chi connectivity index (χ0n) is 14.8. The Morgan fingerprint density at radius 1 is 1.08 bits per heavy atom. The molecule has 0 aliphatic heterocycles. The zero-order valence-corrected chi connectivity index (χ0v) is 15.6. The van der Waals surface area contributed by atoms with Gasteiger partial charge < -0.3 is 15.6 Å². The van der Waals surface area contributed by atoms with Crippen molar-refractivity contribution in [3.63, 3.8) is 0 Å². The first-order chi connectivity index (χ1) is 12.5. The van der Waals surface area contributed by atoms with Crippen molar-refractivity contribution in [2.24, 2.45) is 0 Å². The van der Waals surface area contributed by atoms with E-state index in [0.29, 0.717) is 23.5 Å². The second-order valence-corrected chi connectivity index (χ2v) is 7.46. The van der Waals surface area contributed by atoms with Gasteiger partial charge in [0.15, 0.2) is 0 Å². The van der Waals surface area contributed by atoms with Crippen molar-refractivity contribution in [2.45, 2.75) is 20.3 Å². The number of anilines is 1. The number of nitrogens with one attached hydrogen (secondary N) is 3. The minimum absolute atomic E-state index is 0.145. The Kier molecular flexibility index (Phi) is 5.53. The molecule has 0 aliphatic rings. The van der Waals surface area contributed by atoms with E-state index in [1.807, 2.05) is 13.0 Å². The molecule has 0 saturated carbocycles. The molecule has 3 rings (SSSR count).